The average molecular weight is 304 g/mol. The molecule has 2 N–H and O–H groups in total. The first kappa shape index (κ1) is 13.5. The topological polar surface area (TPSA) is 69.6 Å². The Morgan fingerprint density at radius 1 is 1.19 bits per heavy atom. The fourth-order valence-corrected chi connectivity index (χ4v) is 2.28. The van der Waals surface area contributed by atoms with Crippen LogP contribution in [-0.4, -0.2) is 20.2 Å². The molecule has 5 nitrogen and oxygen atoms in total. The first-order valence-electron chi connectivity index (χ1n) is 6.19. The van der Waals surface area contributed by atoms with Crippen molar-refractivity contribution in [3.05, 3.63) is 58.9 Å². The van der Waals surface area contributed by atoms with Crippen molar-refractivity contribution in [2.75, 3.05) is 5.73 Å². The maximum atomic E-state index is 13.5. The summed E-state index contributed by atoms with van der Waals surface area (Å²) in [4.78, 5) is 0. The fourth-order valence-electron chi connectivity index (χ4n) is 2.07. The van der Waals surface area contributed by atoms with Crippen LogP contribution in [-0.2, 0) is 6.54 Å². The summed E-state index contributed by atoms with van der Waals surface area (Å²) in [6.07, 6.45) is 0. The molecule has 0 saturated heterocycles. The average Bonchev–Trinajstić information content (AvgIpc) is 2.85. The molecule has 3 rings (SSSR count). The van der Waals surface area contributed by atoms with Gasteiger partial charge in [0, 0.05) is 16.3 Å². The van der Waals surface area contributed by atoms with Gasteiger partial charge >= 0.3 is 0 Å². The SMILES string of the molecule is Nc1cc(F)cc(-c2nnnn2Cc2cccc(Cl)c2)c1. The lowest BCUT2D eigenvalue weighted by molar-refractivity contribution is 0.627. The second kappa shape index (κ2) is 5.49. The van der Waals surface area contributed by atoms with Crippen LogP contribution in [0.15, 0.2) is 42.5 Å². The molecule has 7 heteroatoms. The van der Waals surface area contributed by atoms with Crippen LogP contribution in [0.5, 0.6) is 0 Å². The lowest BCUT2D eigenvalue weighted by Gasteiger charge is -2.06. The standard InChI is InChI=1S/C14H11ClFN5/c15-11-3-1-2-9(4-11)8-21-14(18-19-20-21)10-5-12(16)7-13(17)6-10/h1-7H,8,17H2. The van der Waals surface area contributed by atoms with Gasteiger partial charge in [0.2, 0.25) is 0 Å². The zero-order valence-corrected chi connectivity index (χ0v) is 11.6. The van der Waals surface area contributed by atoms with Gasteiger partial charge in [-0.1, -0.05) is 23.7 Å². The number of rotatable bonds is 3. The van der Waals surface area contributed by atoms with Crippen molar-refractivity contribution in [2.24, 2.45) is 0 Å². The second-order valence-electron chi connectivity index (χ2n) is 4.56. The van der Waals surface area contributed by atoms with E-state index in [0.717, 1.165) is 5.56 Å². The van der Waals surface area contributed by atoms with Crippen molar-refractivity contribution in [3.63, 3.8) is 0 Å². The Hall–Kier alpha value is -2.47. The summed E-state index contributed by atoms with van der Waals surface area (Å²) in [5.41, 5.74) is 7.45. The van der Waals surface area contributed by atoms with Crippen molar-refractivity contribution in [1.29, 1.82) is 0 Å². The summed E-state index contributed by atoms with van der Waals surface area (Å²) < 4.78 is 15.0. The zero-order valence-electron chi connectivity index (χ0n) is 10.9. The molecule has 0 aliphatic heterocycles. The van der Waals surface area contributed by atoms with Crippen LogP contribution < -0.4 is 5.73 Å². The molecule has 0 spiro atoms. The molecule has 0 atom stereocenters. The van der Waals surface area contributed by atoms with Crippen LogP contribution in [0.3, 0.4) is 0 Å². The maximum Gasteiger partial charge on any atom is 0.182 e. The molecule has 1 heterocycles. The van der Waals surface area contributed by atoms with E-state index in [4.69, 9.17) is 17.3 Å². The number of nitrogen functional groups attached to an aromatic ring is 1. The summed E-state index contributed by atoms with van der Waals surface area (Å²) in [5.74, 6) is 0.0171. The molecule has 0 saturated carbocycles. The van der Waals surface area contributed by atoms with Crippen LogP contribution >= 0.6 is 11.6 Å². The van der Waals surface area contributed by atoms with Gasteiger partial charge in [0.1, 0.15) is 5.82 Å². The van der Waals surface area contributed by atoms with E-state index in [2.05, 4.69) is 15.5 Å². The third kappa shape index (κ3) is 3.00. The van der Waals surface area contributed by atoms with Crippen LogP contribution in [0.1, 0.15) is 5.56 Å². The number of hydrogen-bond acceptors (Lipinski definition) is 4. The number of tetrazole rings is 1. The third-order valence-corrected chi connectivity index (χ3v) is 3.17. The highest BCUT2D eigenvalue weighted by Gasteiger charge is 2.11. The Morgan fingerprint density at radius 3 is 2.81 bits per heavy atom. The Labute approximate surface area is 125 Å². The van der Waals surface area contributed by atoms with Crippen LogP contribution in [0.4, 0.5) is 10.1 Å². The Balaban J connectivity index is 1.97. The van der Waals surface area contributed by atoms with Crippen LogP contribution in [0.25, 0.3) is 11.4 Å². The molecule has 0 aliphatic carbocycles. The van der Waals surface area contributed by atoms with Crippen molar-refractivity contribution in [3.8, 4) is 11.4 Å². The van der Waals surface area contributed by atoms with Crippen molar-refractivity contribution < 1.29 is 4.39 Å². The lowest BCUT2D eigenvalue weighted by atomic mass is 10.1. The van der Waals surface area contributed by atoms with E-state index in [1.54, 1.807) is 16.8 Å². The number of halogens is 2. The number of nitrogens with zero attached hydrogens (tertiary/aromatic N) is 4. The highest BCUT2D eigenvalue weighted by molar-refractivity contribution is 6.30. The van der Waals surface area contributed by atoms with E-state index in [1.165, 1.54) is 12.1 Å². The van der Waals surface area contributed by atoms with Gasteiger partial charge in [-0.25, -0.2) is 9.07 Å². The predicted octanol–water partition coefficient (Wildman–Crippen LogP) is 2.76. The van der Waals surface area contributed by atoms with Gasteiger partial charge in [-0.2, -0.15) is 0 Å². The molecule has 3 aromatic rings. The first-order chi connectivity index (χ1) is 10.1. The largest absolute Gasteiger partial charge is 0.399 e. The summed E-state index contributed by atoms with van der Waals surface area (Å²) >= 11 is 5.96. The van der Waals surface area contributed by atoms with E-state index < -0.39 is 5.82 Å². The van der Waals surface area contributed by atoms with Crippen molar-refractivity contribution >= 4 is 17.3 Å². The minimum Gasteiger partial charge on any atom is -0.399 e. The Bertz CT molecular complexity index is 766. The van der Waals surface area contributed by atoms with E-state index >= 15 is 0 Å². The van der Waals surface area contributed by atoms with E-state index in [9.17, 15) is 4.39 Å². The van der Waals surface area contributed by atoms with Crippen LogP contribution in [0, 0.1) is 5.82 Å². The zero-order chi connectivity index (χ0) is 14.8. The molecular formula is C14H11ClFN5. The molecule has 0 amide bonds. The Morgan fingerprint density at radius 2 is 2.05 bits per heavy atom. The lowest BCUT2D eigenvalue weighted by Crippen LogP contribution is -2.05. The van der Waals surface area contributed by atoms with E-state index in [-0.39, 0.29) is 0 Å². The minimum atomic E-state index is -0.428. The maximum absolute atomic E-state index is 13.5. The molecule has 21 heavy (non-hydrogen) atoms. The summed E-state index contributed by atoms with van der Waals surface area (Å²) in [6, 6.07) is 11.6. The van der Waals surface area contributed by atoms with Crippen molar-refractivity contribution in [2.45, 2.75) is 6.54 Å². The molecule has 0 radical (unpaired) electrons. The van der Waals surface area contributed by atoms with E-state index in [1.807, 2.05) is 18.2 Å². The highest BCUT2D eigenvalue weighted by atomic mass is 35.5. The first-order valence-corrected chi connectivity index (χ1v) is 6.57. The molecule has 2 aromatic carbocycles. The highest BCUT2D eigenvalue weighted by Crippen LogP contribution is 2.21. The van der Waals surface area contributed by atoms with Gasteiger partial charge in [-0.05, 0) is 46.3 Å². The fraction of sp³-hybridized carbons (Fsp3) is 0.0714. The van der Waals surface area contributed by atoms with Gasteiger partial charge in [0.25, 0.3) is 0 Å². The van der Waals surface area contributed by atoms with Gasteiger partial charge in [-0.3, -0.25) is 0 Å². The van der Waals surface area contributed by atoms with Crippen molar-refractivity contribution in [1.82, 2.24) is 20.2 Å². The quantitative estimate of drug-likeness (QED) is 0.755. The smallest absolute Gasteiger partial charge is 0.182 e. The molecule has 0 bridgehead atoms. The van der Waals surface area contributed by atoms with E-state index in [0.29, 0.717) is 28.6 Å². The minimum absolute atomic E-state index is 0.322. The molecule has 0 fully saturated rings. The predicted molar refractivity (Wildman–Crippen MR) is 78.2 cm³/mol. The Kier molecular flexibility index (Phi) is 3.53. The molecule has 1 aromatic heterocycles. The molecule has 0 unspecified atom stereocenters. The molecular weight excluding hydrogens is 293 g/mol. The monoisotopic (exact) mass is 303 g/mol. The van der Waals surface area contributed by atoms with Gasteiger partial charge < -0.3 is 5.73 Å². The summed E-state index contributed by atoms with van der Waals surface area (Å²) in [6.45, 7) is 0.430. The third-order valence-electron chi connectivity index (χ3n) is 2.93. The number of nitrogens with two attached hydrogens (primary N) is 1. The van der Waals surface area contributed by atoms with Crippen LogP contribution in [0.2, 0.25) is 5.02 Å². The van der Waals surface area contributed by atoms with Gasteiger partial charge in [0.15, 0.2) is 5.82 Å². The normalized spacial score (nSPS) is 10.8. The number of aromatic nitrogens is 4. The number of anilines is 1. The van der Waals surface area contributed by atoms with Gasteiger partial charge in [-0.15, -0.1) is 5.10 Å². The van der Waals surface area contributed by atoms with Gasteiger partial charge in [0.05, 0.1) is 6.54 Å². The summed E-state index contributed by atoms with van der Waals surface area (Å²) in [7, 11) is 0. The molecule has 106 valence electrons. The number of hydrogen-bond donors (Lipinski definition) is 1. The second-order valence-corrected chi connectivity index (χ2v) is 5.00. The molecule has 0 aliphatic rings. The summed E-state index contributed by atoms with van der Waals surface area (Å²) in [5, 5.41) is 12.1. The number of benzene rings is 2.